The first-order chi connectivity index (χ1) is 10.7. The van der Waals surface area contributed by atoms with Crippen LogP contribution in [0.3, 0.4) is 0 Å². The number of nitrogens with one attached hydrogen (secondary N) is 1. The molecule has 0 saturated heterocycles. The molecule has 116 valence electrons. The van der Waals surface area contributed by atoms with Crippen molar-refractivity contribution in [2.45, 2.75) is 20.4 Å². The van der Waals surface area contributed by atoms with Crippen LogP contribution in [0.4, 0.5) is 5.69 Å². The molecule has 0 bridgehead atoms. The van der Waals surface area contributed by atoms with E-state index in [-0.39, 0.29) is 0 Å². The first kappa shape index (κ1) is 15.9. The maximum Gasteiger partial charge on any atom is 0.0816 e. The van der Waals surface area contributed by atoms with Crippen molar-refractivity contribution in [2.24, 2.45) is 11.6 Å². The van der Waals surface area contributed by atoms with Crippen LogP contribution in [0.15, 0.2) is 48.5 Å². The quantitative estimate of drug-likeness (QED) is 0.559. The predicted molar refractivity (Wildman–Crippen MR) is 94.7 cm³/mol. The fourth-order valence-corrected chi connectivity index (χ4v) is 2.71. The molecule has 0 spiro atoms. The van der Waals surface area contributed by atoms with E-state index in [1.807, 2.05) is 50.2 Å². The number of nitrogens with two attached hydrogens (primary N) is 2. The van der Waals surface area contributed by atoms with Crippen LogP contribution in [0.25, 0.3) is 11.4 Å². The number of rotatable bonds is 1. The summed E-state index contributed by atoms with van der Waals surface area (Å²) in [5.41, 5.74) is 14.9. The highest BCUT2D eigenvalue weighted by molar-refractivity contribution is 5.93. The maximum atomic E-state index is 6.35. The van der Waals surface area contributed by atoms with Crippen molar-refractivity contribution in [1.29, 1.82) is 0 Å². The lowest BCUT2D eigenvalue weighted by Crippen LogP contribution is -2.28. The molecule has 1 aliphatic heterocycles. The van der Waals surface area contributed by atoms with E-state index < -0.39 is 0 Å². The Hall–Kier alpha value is -2.46. The highest BCUT2D eigenvalue weighted by Gasteiger charge is 2.19. The molecular weight excluding hydrogens is 272 g/mol. The predicted octanol–water partition coefficient (Wildman–Crippen LogP) is 2.91. The Bertz CT molecular complexity index is 676. The number of nitrogens with zero attached hydrogens (tertiary/aromatic N) is 1. The molecular formula is C18H24N4. The fourth-order valence-electron chi connectivity index (χ4n) is 2.71. The molecule has 0 aliphatic carbocycles. The third kappa shape index (κ3) is 2.78. The van der Waals surface area contributed by atoms with Crippen molar-refractivity contribution in [3.63, 3.8) is 0 Å². The Kier molecular flexibility index (Phi) is 5.07. The van der Waals surface area contributed by atoms with E-state index in [2.05, 4.69) is 29.5 Å². The molecule has 0 fully saturated rings. The minimum absolute atomic E-state index is 0.684. The standard InChI is InChI=1S/C16H18N4.C2H6/c1-20-10-11-6-2-3-7-12(11)15(17)16(19-18)13-8-4-5-9-14(13)20;1-2/h2-9,19H,10,17-18H2,1H3;1-2H3/b16-15-;. The van der Waals surface area contributed by atoms with E-state index in [4.69, 9.17) is 11.6 Å². The monoisotopic (exact) mass is 296 g/mol. The van der Waals surface area contributed by atoms with E-state index in [9.17, 15) is 0 Å². The number of fused-ring (bicyclic) bond motifs is 2. The largest absolute Gasteiger partial charge is 0.396 e. The maximum absolute atomic E-state index is 6.35. The minimum atomic E-state index is 0.684. The second-order valence-electron chi connectivity index (χ2n) is 4.96. The van der Waals surface area contributed by atoms with Crippen molar-refractivity contribution < 1.29 is 0 Å². The Balaban J connectivity index is 0.000000847. The van der Waals surface area contributed by atoms with Gasteiger partial charge in [-0.2, -0.15) is 0 Å². The summed E-state index contributed by atoms with van der Waals surface area (Å²) in [6.07, 6.45) is 0. The fraction of sp³-hybridized carbons (Fsp3) is 0.222. The molecule has 2 aromatic carbocycles. The molecule has 4 heteroatoms. The summed E-state index contributed by atoms with van der Waals surface area (Å²) >= 11 is 0. The lowest BCUT2D eigenvalue weighted by Gasteiger charge is -2.28. The first-order valence-corrected chi connectivity index (χ1v) is 7.57. The number of hydrazine groups is 1. The van der Waals surface area contributed by atoms with E-state index in [1.165, 1.54) is 5.56 Å². The highest BCUT2D eigenvalue weighted by atomic mass is 15.2. The van der Waals surface area contributed by atoms with Crippen LogP contribution in [-0.4, -0.2) is 7.05 Å². The van der Waals surface area contributed by atoms with Crippen molar-refractivity contribution in [3.8, 4) is 0 Å². The molecule has 0 amide bonds. The van der Waals surface area contributed by atoms with Gasteiger partial charge in [-0.15, -0.1) is 0 Å². The topological polar surface area (TPSA) is 67.3 Å². The smallest absolute Gasteiger partial charge is 0.0816 e. The molecule has 4 nitrogen and oxygen atoms in total. The third-order valence-electron chi connectivity index (χ3n) is 3.71. The van der Waals surface area contributed by atoms with Gasteiger partial charge in [0.05, 0.1) is 11.4 Å². The Morgan fingerprint density at radius 1 is 0.955 bits per heavy atom. The molecule has 5 N–H and O–H groups in total. The zero-order valence-corrected chi connectivity index (χ0v) is 13.4. The number of anilines is 1. The van der Waals surface area contributed by atoms with Gasteiger partial charge in [0.1, 0.15) is 0 Å². The average molecular weight is 296 g/mol. The van der Waals surface area contributed by atoms with Crippen LogP contribution in [-0.2, 0) is 6.54 Å². The van der Waals surface area contributed by atoms with Crippen LogP contribution in [0, 0.1) is 0 Å². The van der Waals surface area contributed by atoms with E-state index in [0.29, 0.717) is 5.70 Å². The molecule has 3 rings (SSSR count). The van der Waals surface area contributed by atoms with E-state index in [0.717, 1.165) is 29.1 Å². The summed E-state index contributed by atoms with van der Waals surface area (Å²) in [6, 6.07) is 16.3. The second kappa shape index (κ2) is 7.00. The normalized spacial score (nSPS) is 16.5. The van der Waals surface area contributed by atoms with E-state index in [1.54, 1.807) is 0 Å². The highest BCUT2D eigenvalue weighted by Crippen LogP contribution is 2.33. The zero-order valence-electron chi connectivity index (χ0n) is 13.4. The molecule has 0 atom stereocenters. The molecule has 1 heterocycles. The number of hydrogen-bond acceptors (Lipinski definition) is 4. The van der Waals surface area contributed by atoms with Gasteiger partial charge in [-0.05, 0) is 11.6 Å². The Labute approximate surface area is 132 Å². The van der Waals surface area contributed by atoms with Crippen LogP contribution < -0.4 is 21.9 Å². The van der Waals surface area contributed by atoms with Crippen molar-refractivity contribution >= 4 is 17.1 Å². The lowest BCUT2D eigenvalue weighted by molar-refractivity contribution is 0.904. The van der Waals surface area contributed by atoms with Crippen molar-refractivity contribution in [1.82, 2.24) is 5.43 Å². The number of benzene rings is 2. The second-order valence-corrected chi connectivity index (χ2v) is 4.96. The molecule has 0 aromatic heterocycles. The average Bonchev–Trinajstić information content (AvgIpc) is 2.57. The van der Waals surface area contributed by atoms with Gasteiger partial charge in [-0.25, -0.2) is 0 Å². The Morgan fingerprint density at radius 3 is 2.23 bits per heavy atom. The van der Waals surface area contributed by atoms with Gasteiger partial charge in [0, 0.05) is 30.4 Å². The van der Waals surface area contributed by atoms with E-state index >= 15 is 0 Å². The van der Waals surface area contributed by atoms with Gasteiger partial charge < -0.3 is 16.1 Å². The van der Waals surface area contributed by atoms with Gasteiger partial charge in [0.2, 0.25) is 0 Å². The zero-order chi connectivity index (χ0) is 16.1. The first-order valence-electron chi connectivity index (χ1n) is 7.57. The van der Waals surface area contributed by atoms with Crippen LogP contribution in [0.2, 0.25) is 0 Å². The number of hydrogen-bond donors (Lipinski definition) is 3. The molecule has 0 saturated carbocycles. The van der Waals surface area contributed by atoms with Crippen LogP contribution in [0.5, 0.6) is 0 Å². The van der Waals surface area contributed by atoms with Gasteiger partial charge in [-0.3, -0.25) is 5.84 Å². The SMILES string of the molecule is CC.CN1Cc2ccccc2/C(N)=C(/NN)c2ccccc21. The summed E-state index contributed by atoms with van der Waals surface area (Å²) in [6.45, 7) is 4.81. The van der Waals surface area contributed by atoms with Crippen LogP contribution >= 0.6 is 0 Å². The van der Waals surface area contributed by atoms with Crippen LogP contribution in [0.1, 0.15) is 30.5 Å². The minimum Gasteiger partial charge on any atom is -0.396 e. The summed E-state index contributed by atoms with van der Waals surface area (Å²) < 4.78 is 0. The summed E-state index contributed by atoms with van der Waals surface area (Å²) in [4.78, 5) is 2.21. The lowest BCUT2D eigenvalue weighted by atomic mass is 9.97. The number of para-hydroxylation sites is 1. The van der Waals surface area contributed by atoms with Gasteiger partial charge >= 0.3 is 0 Å². The van der Waals surface area contributed by atoms with Gasteiger partial charge in [0.15, 0.2) is 0 Å². The third-order valence-corrected chi connectivity index (χ3v) is 3.71. The van der Waals surface area contributed by atoms with Gasteiger partial charge in [-0.1, -0.05) is 56.3 Å². The van der Waals surface area contributed by atoms with Crippen molar-refractivity contribution in [2.75, 3.05) is 11.9 Å². The van der Waals surface area contributed by atoms with Crippen molar-refractivity contribution in [3.05, 3.63) is 65.2 Å². The molecule has 0 unspecified atom stereocenters. The molecule has 1 aliphatic rings. The summed E-state index contributed by atoms with van der Waals surface area (Å²) in [5, 5.41) is 0. The molecule has 22 heavy (non-hydrogen) atoms. The summed E-state index contributed by atoms with van der Waals surface area (Å²) in [5.74, 6) is 5.73. The molecule has 2 aromatic rings. The molecule has 0 radical (unpaired) electrons. The summed E-state index contributed by atoms with van der Waals surface area (Å²) in [7, 11) is 2.07. The van der Waals surface area contributed by atoms with Gasteiger partial charge in [0.25, 0.3) is 0 Å². The Morgan fingerprint density at radius 2 is 1.55 bits per heavy atom.